The molecule has 3 rings (SSSR count). The summed E-state index contributed by atoms with van der Waals surface area (Å²) in [6, 6.07) is 9.41. The molecule has 0 heterocycles. The number of halogens is 1. The summed E-state index contributed by atoms with van der Waals surface area (Å²) in [5.41, 5.74) is 8.78. The summed E-state index contributed by atoms with van der Waals surface area (Å²) in [4.78, 5) is 12.4. The first-order valence-corrected chi connectivity index (χ1v) is 9.66. The lowest BCUT2D eigenvalue weighted by Gasteiger charge is -2.45. The Kier molecular flexibility index (Phi) is 7.33. The van der Waals surface area contributed by atoms with Crippen molar-refractivity contribution in [1.29, 1.82) is 0 Å². The molecule has 140 valence electrons. The summed E-state index contributed by atoms with van der Waals surface area (Å²) in [6.45, 7) is 4.41. The van der Waals surface area contributed by atoms with Crippen LogP contribution in [-0.2, 0) is 11.2 Å². The van der Waals surface area contributed by atoms with Gasteiger partial charge in [0.05, 0.1) is 0 Å². The van der Waals surface area contributed by atoms with Crippen LogP contribution in [0, 0.1) is 11.8 Å². The van der Waals surface area contributed by atoms with Gasteiger partial charge >= 0.3 is 0 Å². The smallest absolute Gasteiger partial charge is 0.220 e. The third-order valence-corrected chi connectivity index (χ3v) is 5.99. The van der Waals surface area contributed by atoms with E-state index in [9.17, 15) is 4.79 Å². The quantitative estimate of drug-likeness (QED) is 0.823. The molecule has 2 bridgehead atoms. The maximum absolute atomic E-state index is 12.4. The van der Waals surface area contributed by atoms with Crippen molar-refractivity contribution in [2.24, 2.45) is 17.6 Å². The molecule has 1 amide bonds. The Morgan fingerprint density at radius 2 is 1.76 bits per heavy atom. The molecule has 4 heteroatoms. The van der Waals surface area contributed by atoms with Crippen LogP contribution in [0.4, 0.5) is 0 Å². The zero-order chi connectivity index (χ0) is 17.1. The number of hydrogen-bond donors (Lipinski definition) is 2. The molecule has 0 spiro atoms. The number of hydrogen-bond acceptors (Lipinski definition) is 2. The van der Waals surface area contributed by atoms with Gasteiger partial charge in [-0.05, 0) is 61.0 Å². The van der Waals surface area contributed by atoms with Crippen LogP contribution >= 0.6 is 12.4 Å². The highest BCUT2D eigenvalue weighted by Gasteiger charge is 2.39. The van der Waals surface area contributed by atoms with Crippen molar-refractivity contribution in [3.05, 3.63) is 35.4 Å². The van der Waals surface area contributed by atoms with Gasteiger partial charge in [-0.2, -0.15) is 0 Å². The molecule has 2 fully saturated rings. The number of amides is 1. The molecule has 0 aromatic heterocycles. The molecule has 2 saturated carbocycles. The van der Waals surface area contributed by atoms with Crippen molar-refractivity contribution < 1.29 is 4.79 Å². The van der Waals surface area contributed by atoms with E-state index in [1.54, 1.807) is 0 Å². The van der Waals surface area contributed by atoms with Crippen LogP contribution in [0.3, 0.4) is 0 Å². The largest absolute Gasteiger partial charge is 0.353 e. The van der Waals surface area contributed by atoms with Gasteiger partial charge in [0.1, 0.15) is 0 Å². The molecular formula is C21H33ClN2O. The lowest BCUT2D eigenvalue weighted by Crippen LogP contribution is -2.53. The minimum Gasteiger partial charge on any atom is -0.353 e. The van der Waals surface area contributed by atoms with E-state index in [1.807, 2.05) is 0 Å². The van der Waals surface area contributed by atoms with Gasteiger partial charge in [-0.1, -0.05) is 44.5 Å². The van der Waals surface area contributed by atoms with E-state index in [1.165, 1.54) is 30.4 Å². The molecule has 2 aliphatic rings. The minimum absolute atomic E-state index is 0. The van der Waals surface area contributed by atoms with E-state index in [-0.39, 0.29) is 18.3 Å². The fraction of sp³-hybridized carbons (Fsp3) is 0.667. The standard InChI is InChI=1S/C21H32N2O.ClH/c1-14(2)16-9-6-15(7-10-16)8-11-20(24)23-21-17-4-3-5-18(21)13-19(22)12-17;/h6-7,9-10,14,17-19,21H,3-5,8,11-13,22H2,1-2H3,(H,23,24);1H. The summed E-state index contributed by atoms with van der Waals surface area (Å²) in [5.74, 6) is 1.96. The van der Waals surface area contributed by atoms with Gasteiger partial charge in [-0.15, -0.1) is 12.4 Å². The Morgan fingerprint density at radius 1 is 1.16 bits per heavy atom. The predicted octanol–water partition coefficient (Wildman–Crippen LogP) is 4.19. The lowest BCUT2D eigenvalue weighted by atomic mass is 9.67. The van der Waals surface area contributed by atoms with Crippen LogP contribution < -0.4 is 11.1 Å². The number of carbonyl (C=O) groups is 1. The Balaban J connectivity index is 0.00000225. The SMILES string of the molecule is CC(C)c1ccc(CCC(=O)NC2C3CCCC2CC(N)C3)cc1.Cl. The summed E-state index contributed by atoms with van der Waals surface area (Å²) in [7, 11) is 0. The van der Waals surface area contributed by atoms with E-state index in [0.717, 1.165) is 19.3 Å². The normalized spacial score (nSPS) is 28.3. The number of aryl methyl sites for hydroxylation is 1. The van der Waals surface area contributed by atoms with E-state index >= 15 is 0 Å². The Labute approximate surface area is 158 Å². The molecule has 25 heavy (non-hydrogen) atoms. The summed E-state index contributed by atoms with van der Waals surface area (Å²) in [5, 5.41) is 3.35. The molecule has 3 N–H and O–H groups in total. The van der Waals surface area contributed by atoms with Gasteiger partial charge in [-0.3, -0.25) is 4.79 Å². The predicted molar refractivity (Wildman–Crippen MR) is 106 cm³/mol. The van der Waals surface area contributed by atoms with Crippen molar-refractivity contribution in [2.45, 2.75) is 76.8 Å². The highest BCUT2D eigenvalue weighted by atomic mass is 35.5. The number of fused-ring (bicyclic) bond motifs is 2. The minimum atomic E-state index is 0. The number of nitrogens with two attached hydrogens (primary N) is 1. The zero-order valence-corrected chi connectivity index (χ0v) is 16.4. The van der Waals surface area contributed by atoms with Crippen LogP contribution in [0.1, 0.15) is 69.4 Å². The first-order chi connectivity index (χ1) is 11.5. The van der Waals surface area contributed by atoms with Crippen molar-refractivity contribution in [1.82, 2.24) is 5.32 Å². The molecule has 1 aromatic rings. The zero-order valence-electron chi connectivity index (χ0n) is 15.5. The van der Waals surface area contributed by atoms with Gasteiger partial charge in [0, 0.05) is 18.5 Å². The van der Waals surface area contributed by atoms with Gasteiger partial charge in [0.25, 0.3) is 0 Å². The summed E-state index contributed by atoms with van der Waals surface area (Å²) in [6.07, 6.45) is 7.33. The van der Waals surface area contributed by atoms with Gasteiger partial charge < -0.3 is 11.1 Å². The summed E-state index contributed by atoms with van der Waals surface area (Å²) < 4.78 is 0. The van der Waals surface area contributed by atoms with Crippen LogP contribution in [0.5, 0.6) is 0 Å². The number of rotatable bonds is 5. The molecule has 3 nitrogen and oxygen atoms in total. The molecule has 1 aromatic carbocycles. The topological polar surface area (TPSA) is 55.1 Å². The van der Waals surface area contributed by atoms with Gasteiger partial charge in [0.2, 0.25) is 5.91 Å². The summed E-state index contributed by atoms with van der Waals surface area (Å²) >= 11 is 0. The third-order valence-electron chi connectivity index (χ3n) is 5.99. The molecule has 0 aliphatic heterocycles. The van der Waals surface area contributed by atoms with Crippen molar-refractivity contribution in [2.75, 3.05) is 0 Å². The lowest BCUT2D eigenvalue weighted by molar-refractivity contribution is -0.123. The van der Waals surface area contributed by atoms with Crippen molar-refractivity contribution in [3.8, 4) is 0 Å². The maximum Gasteiger partial charge on any atom is 0.220 e. The second kappa shape index (κ2) is 9.05. The second-order valence-electron chi connectivity index (χ2n) is 8.17. The molecular weight excluding hydrogens is 332 g/mol. The second-order valence-corrected chi connectivity index (χ2v) is 8.17. The van der Waals surface area contributed by atoms with E-state index in [4.69, 9.17) is 5.73 Å². The van der Waals surface area contributed by atoms with Crippen molar-refractivity contribution >= 4 is 18.3 Å². The van der Waals surface area contributed by atoms with Crippen LogP contribution in [0.2, 0.25) is 0 Å². The van der Waals surface area contributed by atoms with Gasteiger partial charge in [0.15, 0.2) is 0 Å². The fourth-order valence-corrected chi connectivity index (χ4v) is 4.61. The van der Waals surface area contributed by atoms with E-state index < -0.39 is 0 Å². The van der Waals surface area contributed by atoms with Crippen LogP contribution in [0.25, 0.3) is 0 Å². The van der Waals surface area contributed by atoms with Crippen LogP contribution in [0.15, 0.2) is 24.3 Å². The van der Waals surface area contributed by atoms with Crippen molar-refractivity contribution in [3.63, 3.8) is 0 Å². The average molecular weight is 365 g/mol. The van der Waals surface area contributed by atoms with Crippen LogP contribution in [-0.4, -0.2) is 18.0 Å². The maximum atomic E-state index is 12.4. The monoisotopic (exact) mass is 364 g/mol. The first kappa shape index (κ1) is 20.3. The highest BCUT2D eigenvalue weighted by molar-refractivity contribution is 5.85. The molecule has 2 unspecified atom stereocenters. The molecule has 0 radical (unpaired) electrons. The Hall–Kier alpha value is -1.06. The van der Waals surface area contributed by atoms with E-state index in [2.05, 4.69) is 43.4 Å². The molecule has 2 atom stereocenters. The molecule has 2 aliphatic carbocycles. The molecule has 0 saturated heterocycles. The first-order valence-electron chi connectivity index (χ1n) is 9.66. The Morgan fingerprint density at radius 3 is 2.32 bits per heavy atom. The Bertz CT molecular complexity index is 544. The number of carbonyl (C=O) groups excluding carboxylic acids is 1. The highest BCUT2D eigenvalue weighted by Crippen LogP contribution is 2.39. The average Bonchev–Trinajstić information content (AvgIpc) is 2.54. The van der Waals surface area contributed by atoms with E-state index in [0.29, 0.717) is 36.3 Å². The van der Waals surface area contributed by atoms with Gasteiger partial charge in [-0.25, -0.2) is 0 Å². The number of benzene rings is 1. The fourth-order valence-electron chi connectivity index (χ4n) is 4.61. The number of nitrogens with one attached hydrogen (secondary N) is 1. The third kappa shape index (κ3) is 5.21.